The van der Waals surface area contributed by atoms with Crippen LogP contribution in [0.2, 0.25) is 0 Å². The maximum Gasteiger partial charge on any atom is 0.410 e. The van der Waals surface area contributed by atoms with Gasteiger partial charge in [-0.2, -0.15) is 0 Å². The van der Waals surface area contributed by atoms with Gasteiger partial charge in [0.25, 0.3) is 5.69 Å². The molecule has 1 amide bonds. The highest BCUT2D eigenvalue weighted by atomic mass is 16.6. The summed E-state index contributed by atoms with van der Waals surface area (Å²) >= 11 is 0. The standard InChI is InChI=1S/C21H30N2O8/c1-14(31-21(26)22(2)15-8-5-4-6-9-15)16-12-18(29-3)19(13-17(16)23(27)28)30-11-7-10-20(24)25/h12-15H,4-11H2,1-3H3,(H,24,25). The maximum atomic E-state index is 12.6. The normalized spacial score (nSPS) is 15.1. The number of nitrogens with zero attached hydrogens (tertiary/aromatic N) is 2. The second-order valence-corrected chi connectivity index (χ2v) is 7.59. The van der Waals surface area contributed by atoms with E-state index in [9.17, 15) is 19.7 Å². The van der Waals surface area contributed by atoms with E-state index in [2.05, 4.69) is 0 Å². The van der Waals surface area contributed by atoms with Gasteiger partial charge in [-0.1, -0.05) is 19.3 Å². The van der Waals surface area contributed by atoms with Crippen molar-refractivity contribution in [2.24, 2.45) is 0 Å². The molecule has 2 rings (SSSR count). The summed E-state index contributed by atoms with van der Waals surface area (Å²) in [5, 5.41) is 20.4. The molecule has 1 saturated carbocycles. The number of ether oxygens (including phenoxy) is 3. The molecule has 0 saturated heterocycles. The van der Waals surface area contributed by atoms with Crippen LogP contribution in [0.3, 0.4) is 0 Å². The van der Waals surface area contributed by atoms with Gasteiger partial charge in [-0.3, -0.25) is 14.9 Å². The largest absolute Gasteiger partial charge is 0.493 e. The fourth-order valence-electron chi connectivity index (χ4n) is 3.64. The van der Waals surface area contributed by atoms with E-state index in [0.29, 0.717) is 0 Å². The van der Waals surface area contributed by atoms with Gasteiger partial charge in [0.05, 0.1) is 30.3 Å². The molecular formula is C21H30N2O8. The number of carbonyl (C=O) groups is 2. The van der Waals surface area contributed by atoms with Crippen molar-refractivity contribution < 1.29 is 33.8 Å². The van der Waals surface area contributed by atoms with Crippen LogP contribution in [0.4, 0.5) is 10.5 Å². The van der Waals surface area contributed by atoms with E-state index in [-0.39, 0.29) is 48.2 Å². The molecule has 1 atom stereocenters. The summed E-state index contributed by atoms with van der Waals surface area (Å²) in [5.74, 6) is -0.591. The third-order valence-corrected chi connectivity index (χ3v) is 5.43. The number of nitro benzene ring substituents is 1. The van der Waals surface area contributed by atoms with Gasteiger partial charge in [0.15, 0.2) is 11.5 Å². The summed E-state index contributed by atoms with van der Waals surface area (Å²) < 4.78 is 16.3. The Labute approximate surface area is 181 Å². The minimum Gasteiger partial charge on any atom is -0.493 e. The topological polar surface area (TPSA) is 128 Å². The summed E-state index contributed by atoms with van der Waals surface area (Å²) in [5.41, 5.74) is -0.0835. The van der Waals surface area contributed by atoms with Crippen LogP contribution in [0.25, 0.3) is 0 Å². The van der Waals surface area contributed by atoms with Crippen LogP contribution in [0.1, 0.15) is 63.5 Å². The maximum absolute atomic E-state index is 12.6. The highest BCUT2D eigenvalue weighted by Crippen LogP contribution is 2.39. The zero-order valence-corrected chi connectivity index (χ0v) is 18.2. The Balaban J connectivity index is 2.16. The van der Waals surface area contributed by atoms with Crippen molar-refractivity contribution >= 4 is 17.7 Å². The lowest BCUT2D eigenvalue weighted by molar-refractivity contribution is -0.386. The SMILES string of the molecule is COc1cc(C(C)OC(=O)N(C)C2CCCCC2)c([N+](=O)[O-])cc1OCCCC(=O)O. The molecule has 31 heavy (non-hydrogen) atoms. The zero-order valence-electron chi connectivity index (χ0n) is 18.2. The van der Waals surface area contributed by atoms with E-state index in [0.717, 1.165) is 32.1 Å². The van der Waals surface area contributed by atoms with Gasteiger partial charge in [0, 0.05) is 19.5 Å². The highest BCUT2D eigenvalue weighted by molar-refractivity contribution is 5.68. The number of hydrogen-bond acceptors (Lipinski definition) is 7. The molecule has 0 spiro atoms. The van der Waals surface area contributed by atoms with Gasteiger partial charge >= 0.3 is 12.1 Å². The van der Waals surface area contributed by atoms with E-state index in [1.165, 1.54) is 19.2 Å². The number of amides is 1. The number of carbonyl (C=O) groups excluding carboxylic acids is 1. The smallest absolute Gasteiger partial charge is 0.410 e. The molecule has 1 aromatic rings. The number of methoxy groups -OCH3 is 1. The van der Waals surface area contributed by atoms with Crippen molar-refractivity contribution in [1.82, 2.24) is 4.90 Å². The highest BCUT2D eigenvalue weighted by Gasteiger charge is 2.29. The Morgan fingerprint density at radius 3 is 2.52 bits per heavy atom. The fraction of sp³-hybridized carbons (Fsp3) is 0.619. The average Bonchev–Trinajstić information content (AvgIpc) is 2.75. The number of aliphatic carboxylic acids is 1. The second kappa shape index (κ2) is 11.4. The van der Waals surface area contributed by atoms with Crippen molar-refractivity contribution in [3.63, 3.8) is 0 Å². The number of carboxylic acids is 1. The van der Waals surface area contributed by atoms with Gasteiger partial charge in [-0.25, -0.2) is 4.79 Å². The molecule has 1 fully saturated rings. The van der Waals surface area contributed by atoms with Crippen LogP contribution in [0.15, 0.2) is 12.1 Å². The van der Waals surface area contributed by atoms with Gasteiger partial charge in [-0.05, 0) is 32.3 Å². The van der Waals surface area contributed by atoms with Crippen LogP contribution in [0, 0.1) is 10.1 Å². The average molecular weight is 438 g/mol. The lowest BCUT2D eigenvalue weighted by Crippen LogP contribution is -2.39. The summed E-state index contributed by atoms with van der Waals surface area (Å²) in [6.45, 7) is 1.64. The predicted molar refractivity (Wildman–Crippen MR) is 112 cm³/mol. The molecule has 0 bridgehead atoms. The first-order valence-electron chi connectivity index (χ1n) is 10.4. The quantitative estimate of drug-likeness (QED) is 0.325. The van der Waals surface area contributed by atoms with Crippen LogP contribution < -0.4 is 9.47 Å². The minimum atomic E-state index is -0.953. The number of hydrogen-bond donors (Lipinski definition) is 1. The first-order valence-corrected chi connectivity index (χ1v) is 10.4. The molecule has 0 aliphatic heterocycles. The molecular weight excluding hydrogens is 408 g/mol. The monoisotopic (exact) mass is 438 g/mol. The third-order valence-electron chi connectivity index (χ3n) is 5.43. The van der Waals surface area contributed by atoms with Crippen molar-refractivity contribution in [1.29, 1.82) is 0 Å². The van der Waals surface area contributed by atoms with E-state index in [4.69, 9.17) is 19.3 Å². The molecule has 1 aliphatic rings. The molecule has 1 N–H and O–H groups in total. The second-order valence-electron chi connectivity index (χ2n) is 7.59. The lowest BCUT2D eigenvalue weighted by atomic mass is 9.95. The van der Waals surface area contributed by atoms with Crippen LogP contribution in [0.5, 0.6) is 11.5 Å². The van der Waals surface area contributed by atoms with Crippen molar-refractivity contribution in [3.8, 4) is 11.5 Å². The molecule has 1 aliphatic carbocycles. The molecule has 10 heteroatoms. The molecule has 10 nitrogen and oxygen atoms in total. The Kier molecular flexibility index (Phi) is 8.89. The van der Waals surface area contributed by atoms with Crippen molar-refractivity contribution in [3.05, 3.63) is 27.8 Å². The number of rotatable bonds is 10. The van der Waals surface area contributed by atoms with Crippen LogP contribution in [-0.4, -0.2) is 53.8 Å². The fourth-order valence-corrected chi connectivity index (χ4v) is 3.64. The molecule has 1 aromatic carbocycles. The molecule has 1 unspecified atom stereocenters. The molecule has 172 valence electrons. The number of nitro groups is 1. The first kappa shape index (κ1) is 24.2. The Hall–Kier alpha value is -3.04. The van der Waals surface area contributed by atoms with Crippen LogP contribution >= 0.6 is 0 Å². The zero-order chi connectivity index (χ0) is 23.0. The molecule has 0 radical (unpaired) electrons. The Morgan fingerprint density at radius 1 is 1.26 bits per heavy atom. The number of carboxylic acid groups (broad SMARTS) is 1. The van der Waals surface area contributed by atoms with Gasteiger partial charge in [0.1, 0.15) is 6.10 Å². The van der Waals surface area contributed by atoms with Crippen LogP contribution in [-0.2, 0) is 9.53 Å². The third kappa shape index (κ3) is 6.73. The van der Waals surface area contributed by atoms with E-state index in [1.54, 1.807) is 18.9 Å². The van der Waals surface area contributed by atoms with E-state index in [1.807, 2.05) is 0 Å². The van der Waals surface area contributed by atoms with Gasteiger partial charge in [0.2, 0.25) is 0 Å². The molecule has 0 heterocycles. The number of benzene rings is 1. The molecule has 0 aromatic heterocycles. The van der Waals surface area contributed by atoms with E-state index >= 15 is 0 Å². The summed E-state index contributed by atoms with van der Waals surface area (Å²) in [4.78, 5) is 35.8. The Bertz CT molecular complexity index is 792. The predicted octanol–water partition coefficient (Wildman–Crippen LogP) is 4.31. The Morgan fingerprint density at radius 2 is 1.94 bits per heavy atom. The minimum absolute atomic E-state index is 0.0654. The summed E-state index contributed by atoms with van der Waals surface area (Å²) in [6.07, 6.45) is 3.88. The van der Waals surface area contributed by atoms with Gasteiger partial charge in [-0.15, -0.1) is 0 Å². The van der Waals surface area contributed by atoms with Gasteiger partial charge < -0.3 is 24.2 Å². The van der Waals surface area contributed by atoms with Crippen molar-refractivity contribution in [2.45, 2.75) is 64.0 Å². The lowest BCUT2D eigenvalue weighted by Gasteiger charge is -2.31. The van der Waals surface area contributed by atoms with E-state index < -0.39 is 23.1 Å². The first-order chi connectivity index (χ1) is 14.7. The summed E-state index contributed by atoms with van der Waals surface area (Å²) in [7, 11) is 3.08. The summed E-state index contributed by atoms with van der Waals surface area (Å²) in [6, 6.07) is 2.74. The van der Waals surface area contributed by atoms with Crippen molar-refractivity contribution in [2.75, 3.05) is 20.8 Å².